The topological polar surface area (TPSA) is 134 Å². The number of aliphatic hydroxyl groups excluding tert-OH is 1. The highest BCUT2D eigenvalue weighted by atomic mass is 32.2. The van der Waals surface area contributed by atoms with Crippen LogP contribution in [0.3, 0.4) is 0 Å². The Bertz CT molecular complexity index is 1560. The van der Waals surface area contributed by atoms with Crippen LogP contribution in [-0.2, 0) is 19.3 Å². The Hall–Kier alpha value is -3.61. The molecule has 0 unspecified atom stereocenters. The number of anilines is 2. The van der Waals surface area contributed by atoms with Crippen LogP contribution in [0.1, 0.15) is 38.3 Å². The number of halogens is 1. The summed E-state index contributed by atoms with van der Waals surface area (Å²) in [5, 5.41) is 15.0. The molecule has 6 rings (SSSR count). The van der Waals surface area contributed by atoms with Gasteiger partial charge in [-0.25, -0.2) is 27.6 Å². The summed E-state index contributed by atoms with van der Waals surface area (Å²) in [5.41, 5.74) is 1.08. The average Bonchev–Trinajstić information content (AvgIpc) is 3.90. The number of ether oxygens (including phenoxy) is 1. The summed E-state index contributed by atoms with van der Waals surface area (Å²) in [5.74, 6) is 0.476. The van der Waals surface area contributed by atoms with E-state index in [1.807, 2.05) is 6.92 Å². The third kappa shape index (κ3) is 5.27. The van der Waals surface area contributed by atoms with Crippen LogP contribution in [0.4, 0.5) is 20.7 Å². The molecule has 3 N–H and O–H groups in total. The van der Waals surface area contributed by atoms with Crippen LogP contribution in [0.15, 0.2) is 59.5 Å². The van der Waals surface area contributed by atoms with Crippen molar-refractivity contribution in [3.63, 3.8) is 0 Å². The summed E-state index contributed by atoms with van der Waals surface area (Å²) < 4.78 is 45.6. The number of sulfone groups is 1. The maximum Gasteiger partial charge on any atom is 0.319 e. The Morgan fingerprint density at radius 3 is 2.41 bits per heavy atom. The number of benzene rings is 2. The van der Waals surface area contributed by atoms with Gasteiger partial charge in [0, 0.05) is 23.9 Å². The average molecular weight is 582 g/mol. The minimum absolute atomic E-state index is 0.0296. The van der Waals surface area contributed by atoms with Crippen molar-refractivity contribution in [2.45, 2.75) is 53.8 Å². The molecule has 216 valence electrons. The molecule has 3 aliphatic rings. The lowest BCUT2D eigenvalue weighted by atomic mass is 10.1. The van der Waals surface area contributed by atoms with Crippen molar-refractivity contribution < 1.29 is 27.4 Å². The van der Waals surface area contributed by atoms with Crippen molar-refractivity contribution >= 4 is 27.4 Å². The molecule has 1 aromatic heterocycles. The van der Waals surface area contributed by atoms with Crippen molar-refractivity contribution in [1.82, 2.24) is 15.3 Å². The summed E-state index contributed by atoms with van der Waals surface area (Å²) >= 11 is 0. The van der Waals surface area contributed by atoms with E-state index in [0.717, 1.165) is 25.0 Å². The van der Waals surface area contributed by atoms with Crippen molar-refractivity contribution in [2.24, 2.45) is 0 Å². The highest BCUT2D eigenvalue weighted by molar-refractivity contribution is 7.92. The molecule has 0 spiro atoms. The van der Waals surface area contributed by atoms with Gasteiger partial charge in [0.1, 0.15) is 16.4 Å². The molecule has 2 amide bonds. The predicted molar refractivity (Wildman–Crippen MR) is 151 cm³/mol. The molecule has 2 heterocycles. The molecule has 1 saturated heterocycles. The van der Waals surface area contributed by atoms with Crippen LogP contribution in [0.2, 0.25) is 0 Å². The van der Waals surface area contributed by atoms with E-state index in [-0.39, 0.29) is 17.5 Å². The van der Waals surface area contributed by atoms with Gasteiger partial charge in [0.2, 0.25) is 0 Å². The molecule has 0 radical (unpaired) electrons. The van der Waals surface area contributed by atoms with Gasteiger partial charge in [-0.15, -0.1) is 0 Å². The number of aliphatic hydroxyl groups is 1. The lowest BCUT2D eigenvalue weighted by molar-refractivity contribution is 0.0985. The van der Waals surface area contributed by atoms with E-state index in [1.165, 1.54) is 12.1 Å². The first-order valence-corrected chi connectivity index (χ1v) is 15.2. The minimum Gasteiger partial charge on any atom is -0.394 e. The summed E-state index contributed by atoms with van der Waals surface area (Å²) in [4.78, 5) is 24.1. The molecule has 12 heteroatoms. The predicted octanol–water partition coefficient (Wildman–Crippen LogP) is 3.62. The monoisotopic (exact) mass is 581 g/mol. The van der Waals surface area contributed by atoms with Crippen molar-refractivity contribution in [3.8, 4) is 11.4 Å². The van der Waals surface area contributed by atoms with E-state index in [9.17, 15) is 22.7 Å². The second-order valence-corrected chi connectivity index (χ2v) is 13.4. The maximum atomic E-state index is 13.8. The van der Waals surface area contributed by atoms with Gasteiger partial charge in [-0.1, -0.05) is 0 Å². The normalized spacial score (nSPS) is 20.8. The molecule has 2 saturated carbocycles. The molecular formula is C29H32FN5O5S. The number of rotatable bonds is 8. The van der Waals surface area contributed by atoms with E-state index in [4.69, 9.17) is 14.7 Å². The number of hydrogen-bond donors (Lipinski definition) is 3. The standard InChI is InChI=1S/C29H32FN5O5S/c1-19-17-40-15-14-35(19)25-16-24(29(12-13-29)41(38,39)23-8-4-21(30)5-9-23)32-26(33-25)20-2-6-22(7-3-20)31-27(37)34-28(18-36)10-11-28/h2-9,16,19,36H,10-15,17-18H2,1H3,(H2,31,34,37)/t19-/m0/s1. The first-order valence-electron chi connectivity index (χ1n) is 13.7. The van der Waals surface area contributed by atoms with Crippen LogP contribution in [0.5, 0.6) is 0 Å². The molecule has 41 heavy (non-hydrogen) atoms. The van der Waals surface area contributed by atoms with Crippen molar-refractivity contribution in [2.75, 3.05) is 36.6 Å². The lowest BCUT2D eigenvalue weighted by Gasteiger charge is -2.34. The van der Waals surface area contributed by atoms with Gasteiger partial charge >= 0.3 is 6.03 Å². The highest BCUT2D eigenvalue weighted by Crippen LogP contribution is 2.55. The number of urea groups is 1. The Morgan fingerprint density at radius 2 is 1.80 bits per heavy atom. The molecule has 2 aliphatic carbocycles. The Labute approximate surface area is 237 Å². The first-order chi connectivity index (χ1) is 19.6. The molecular weight excluding hydrogens is 549 g/mol. The van der Waals surface area contributed by atoms with E-state index >= 15 is 0 Å². The Balaban J connectivity index is 1.34. The van der Waals surface area contributed by atoms with Crippen LogP contribution >= 0.6 is 0 Å². The van der Waals surface area contributed by atoms with Crippen molar-refractivity contribution in [1.29, 1.82) is 0 Å². The Kier molecular flexibility index (Phi) is 6.95. The van der Waals surface area contributed by atoms with E-state index < -0.39 is 32.0 Å². The van der Waals surface area contributed by atoms with Gasteiger partial charge < -0.3 is 25.4 Å². The third-order valence-electron chi connectivity index (χ3n) is 8.12. The second kappa shape index (κ2) is 10.3. The largest absolute Gasteiger partial charge is 0.394 e. The van der Waals surface area contributed by atoms with Gasteiger partial charge in [-0.05, 0) is 81.1 Å². The number of aromatic nitrogens is 2. The summed E-state index contributed by atoms with van der Waals surface area (Å²) in [7, 11) is -3.86. The fraction of sp³-hybridized carbons (Fsp3) is 0.414. The number of amides is 2. The Morgan fingerprint density at radius 1 is 1.10 bits per heavy atom. The number of hydrogen-bond acceptors (Lipinski definition) is 8. The third-order valence-corrected chi connectivity index (χ3v) is 10.7. The van der Waals surface area contributed by atoms with Gasteiger partial charge in [0.05, 0.1) is 42.0 Å². The molecule has 0 bridgehead atoms. The maximum absolute atomic E-state index is 13.8. The number of morpholine rings is 1. The van der Waals surface area contributed by atoms with Gasteiger partial charge in [-0.3, -0.25) is 0 Å². The number of nitrogens with one attached hydrogen (secondary N) is 2. The van der Waals surface area contributed by atoms with E-state index in [0.29, 0.717) is 61.2 Å². The molecule has 1 aliphatic heterocycles. The molecule has 10 nitrogen and oxygen atoms in total. The number of nitrogens with zero attached hydrogens (tertiary/aromatic N) is 3. The van der Waals surface area contributed by atoms with Gasteiger partial charge in [0.15, 0.2) is 15.7 Å². The van der Waals surface area contributed by atoms with Crippen LogP contribution in [0, 0.1) is 5.82 Å². The van der Waals surface area contributed by atoms with Crippen molar-refractivity contribution in [3.05, 3.63) is 66.1 Å². The fourth-order valence-corrected chi connectivity index (χ4v) is 7.17. The molecule has 2 aromatic carbocycles. The zero-order valence-corrected chi connectivity index (χ0v) is 23.5. The minimum atomic E-state index is -3.86. The molecule has 3 fully saturated rings. The van der Waals surface area contributed by atoms with Crippen LogP contribution in [0.25, 0.3) is 11.4 Å². The van der Waals surface area contributed by atoms with E-state index in [2.05, 4.69) is 15.5 Å². The zero-order chi connectivity index (χ0) is 28.8. The van der Waals surface area contributed by atoms with E-state index in [1.54, 1.807) is 30.3 Å². The highest BCUT2D eigenvalue weighted by Gasteiger charge is 2.58. The summed E-state index contributed by atoms with van der Waals surface area (Å²) in [6.07, 6.45) is 2.28. The lowest BCUT2D eigenvalue weighted by Crippen LogP contribution is -2.44. The first kappa shape index (κ1) is 27.6. The number of carbonyl (C=O) groups excluding carboxylic acids is 1. The summed E-state index contributed by atoms with van der Waals surface area (Å²) in [6, 6.07) is 13.3. The quantitative estimate of drug-likeness (QED) is 0.344. The summed E-state index contributed by atoms with van der Waals surface area (Å²) in [6.45, 7) is 3.57. The van der Waals surface area contributed by atoms with Gasteiger partial charge in [0.25, 0.3) is 0 Å². The van der Waals surface area contributed by atoms with Crippen LogP contribution < -0.4 is 15.5 Å². The fourth-order valence-electron chi connectivity index (χ4n) is 5.21. The number of carbonyl (C=O) groups is 1. The smallest absolute Gasteiger partial charge is 0.319 e. The van der Waals surface area contributed by atoms with Gasteiger partial charge in [-0.2, -0.15) is 0 Å². The SMILES string of the molecule is C[C@H]1COCCN1c1cc(C2(S(=O)(=O)c3ccc(F)cc3)CC2)nc(-c2ccc(NC(=O)NC3(CO)CC3)cc2)n1. The zero-order valence-electron chi connectivity index (χ0n) is 22.6. The second-order valence-electron chi connectivity index (χ2n) is 11.1. The molecule has 1 atom stereocenters. The van der Waals surface area contributed by atoms with Crippen LogP contribution in [-0.4, -0.2) is 67.5 Å². The molecule has 3 aromatic rings.